The molecule has 35 heavy (non-hydrogen) atoms. The molecule has 1 amide bonds. The predicted octanol–water partition coefficient (Wildman–Crippen LogP) is 2.37. The SMILES string of the molecule is CCC(C(=O)N[C@@H](CC(=O)O)C(=O)COc1c(F)cc(F)cc1F)n1cnc2ccccc2c1=O. The van der Waals surface area contributed by atoms with Crippen LogP contribution in [-0.2, 0) is 14.4 Å². The van der Waals surface area contributed by atoms with Gasteiger partial charge in [-0.3, -0.25) is 23.7 Å². The monoisotopic (exact) mass is 491 g/mol. The normalized spacial score (nSPS) is 12.7. The van der Waals surface area contributed by atoms with E-state index in [0.29, 0.717) is 17.6 Å². The highest BCUT2D eigenvalue weighted by molar-refractivity contribution is 5.93. The van der Waals surface area contributed by atoms with Crippen LogP contribution in [0.3, 0.4) is 0 Å². The van der Waals surface area contributed by atoms with Gasteiger partial charge in [0.25, 0.3) is 5.56 Å². The Morgan fingerprint density at radius 1 is 1.14 bits per heavy atom. The van der Waals surface area contributed by atoms with Crippen LogP contribution in [0.1, 0.15) is 25.8 Å². The van der Waals surface area contributed by atoms with E-state index in [-0.39, 0.29) is 11.8 Å². The van der Waals surface area contributed by atoms with Gasteiger partial charge in [0.15, 0.2) is 23.2 Å². The van der Waals surface area contributed by atoms with Crippen molar-refractivity contribution in [3.05, 3.63) is 70.5 Å². The van der Waals surface area contributed by atoms with E-state index in [1.165, 1.54) is 12.4 Å². The number of aromatic nitrogens is 2. The number of hydrogen-bond donors (Lipinski definition) is 2. The molecule has 12 heteroatoms. The fraction of sp³-hybridized carbons (Fsp3) is 0.261. The molecule has 2 atom stereocenters. The van der Waals surface area contributed by atoms with Crippen molar-refractivity contribution in [2.45, 2.75) is 31.8 Å². The Hall–Kier alpha value is -4.22. The lowest BCUT2D eigenvalue weighted by molar-refractivity contribution is -0.140. The molecule has 0 aliphatic rings. The molecule has 0 saturated carbocycles. The summed E-state index contributed by atoms with van der Waals surface area (Å²) < 4.78 is 46.4. The molecule has 0 aliphatic carbocycles. The number of nitrogens with one attached hydrogen (secondary N) is 1. The van der Waals surface area contributed by atoms with Crippen molar-refractivity contribution < 1.29 is 37.4 Å². The number of Topliss-reactive ketones (excluding diaryl/α,β-unsaturated/α-hetero) is 1. The zero-order chi connectivity index (χ0) is 25.7. The summed E-state index contributed by atoms with van der Waals surface area (Å²) in [5.74, 6) is -8.32. The second kappa shape index (κ2) is 10.8. The maximum Gasteiger partial charge on any atom is 0.305 e. The van der Waals surface area contributed by atoms with E-state index in [4.69, 9.17) is 9.84 Å². The van der Waals surface area contributed by atoms with Gasteiger partial charge in [0.05, 0.1) is 23.7 Å². The summed E-state index contributed by atoms with van der Waals surface area (Å²) in [4.78, 5) is 53.7. The number of nitrogens with zero attached hydrogens (tertiary/aromatic N) is 2. The van der Waals surface area contributed by atoms with E-state index in [1.54, 1.807) is 25.1 Å². The third-order valence-electron chi connectivity index (χ3n) is 5.12. The van der Waals surface area contributed by atoms with E-state index in [9.17, 15) is 32.3 Å². The second-order valence-corrected chi connectivity index (χ2v) is 7.51. The molecule has 3 rings (SSSR count). The van der Waals surface area contributed by atoms with Gasteiger partial charge in [-0.05, 0) is 18.6 Å². The molecule has 184 valence electrons. The zero-order valence-electron chi connectivity index (χ0n) is 18.3. The Bertz CT molecular complexity index is 1320. The lowest BCUT2D eigenvalue weighted by Crippen LogP contribution is -2.48. The minimum absolute atomic E-state index is 0.0994. The van der Waals surface area contributed by atoms with Crippen molar-refractivity contribution in [2.24, 2.45) is 0 Å². The molecule has 0 aliphatic heterocycles. The number of carbonyl (C=O) groups is 3. The van der Waals surface area contributed by atoms with E-state index in [1.807, 2.05) is 0 Å². The molecular weight excluding hydrogens is 471 g/mol. The van der Waals surface area contributed by atoms with Crippen LogP contribution in [0.4, 0.5) is 13.2 Å². The topological polar surface area (TPSA) is 128 Å². The van der Waals surface area contributed by atoms with Crippen molar-refractivity contribution in [1.29, 1.82) is 0 Å². The molecule has 1 heterocycles. The van der Waals surface area contributed by atoms with Gasteiger partial charge in [-0.2, -0.15) is 0 Å². The van der Waals surface area contributed by atoms with Gasteiger partial charge in [-0.25, -0.2) is 18.2 Å². The van der Waals surface area contributed by atoms with Gasteiger partial charge < -0.3 is 15.2 Å². The summed E-state index contributed by atoms with van der Waals surface area (Å²) in [6.45, 7) is 0.592. The number of carbonyl (C=O) groups excluding carboxylic acids is 2. The number of carboxylic acids is 1. The van der Waals surface area contributed by atoms with Crippen molar-refractivity contribution in [3.8, 4) is 5.75 Å². The lowest BCUT2D eigenvalue weighted by Gasteiger charge is -2.22. The standard InChI is InChI=1S/C23H20F3N3O6/c1-2-18(29-11-27-16-6-4-3-5-13(16)23(29)34)22(33)28-17(9-20(31)32)19(30)10-35-21-14(25)7-12(24)8-15(21)26/h3-8,11,17-18H,2,9-10H2,1H3,(H,28,33)(H,31,32)/t17-,18?/m0/s1. The Labute approximate surface area is 196 Å². The van der Waals surface area contributed by atoms with Gasteiger partial charge >= 0.3 is 5.97 Å². The van der Waals surface area contributed by atoms with Crippen LogP contribution in [0, 0.1) is 17.5 Å². The Morgan fingerprint density at radius 3 is 2.43 bits per heavy atom. The minimum atomic E-state index is -1.63. The number of aliphatic carboxylic acids is 1. The zero-order valence-corrected chi connectivity index (χ0v) is 18.3. The quantitative estimate of drug-likeness (QED) is 0.446. The molecule has 0 bridgehead atoms. The van der Waals surface area contributed by atoms with E-state index >= 15 is 0 Å². The summed E-state index contributed by atoms with van der Waals surface area (Å²) in [5.41, 5.74) is -0.0929. The maximum absolute atomic E-state index is 13.8. The molecule has 2 N–H and O–H groups in total. The first kappa shape index (κ1) is 25.4. The molecule has 0 spiro atoms. The van der Waals surface area contributed by atoms with Crippen LogP contribution in [-0.4, -0.2) is 45.0 Å². The van der Waals surface area contributed by atoms with Gasteiger partial charge in [0.2, 0.25) is 5.91 Å². The Balaban J connectivity index is 1.80. The number of amides is 1. The van der Waals surface area contributed by atoms with E-state index in [2.05, 4.69) is 10.3 Å². The number of halogens is 3. The highest BCUT2D eigenvalue weighted by Crippen LogP contribution is 2.23. The van der Waals surface area contributed by atoms with E-state index in [0.717, 1.165) is 4.57 Å². The minimum Gasteiger partial charge on any atom is -0.481 e. The summed E-state index contributed by atoms with van der Waals surface area (Å²) in [5, 5.41) is 11.7. The molecule has 0 radical (unpaired) electrons. The number of benzene rings is 2. The summed E-state index contributed by atoms with van der Waals surface area (Å²) >= 11 is 0. The number of ketones is 1. The lowest BCUT2D eigenvalue weighted by atomic mass is 10.1. The van der Waals surface area contributed by atoms with Gasteiger partial charge in [0, 0.05) is 12.1 Å². The third kappa shape index (κ3) is 5.83. The van der Waals surface area contributed by atoms with Gasteiger partial charge in [-0.1, -0.05) is 19.1 Å². The fourth-order valence-electron chi connectivity index (χ4n) is 3.41. The molecule has 2 aromatic carbocycles. The van der Waals surface area contributed by atoms with Crippen LogP contribution >= 0.6 is 0 Å². The number of hydrogen-bond acceptors (Lipinski definition) is 6. The Morgan fingerprint density at radius 2 is 1.80 bits per heavy atom. The van der Waals surface area contributed by atoms with Gasteiger partial charge in [0.1, 0.15) is 24.5 Å². The summed E-state index contributed by atoms with van der Waals surface area (Å²) in [7, 11) is 0. The molecule has 9 nitrogen and oxygen atoms in total. The summed E-state index contributed by atoms with van der Waals surface area (Å²) in [6, 6.07) is 4.41. The smallest absolute Gasteiger partial charge is 0.305 e. The van der Waals surface area contributed by atoms with Crippen LogP contribution in [0.5, 0.6) is 5.75 Å². The fourth-order valence-corrected chi connectivity index (χ4v) is 3.41. The highest BCUT2D eigenvalue weighted by Gasteiger charge is 2.29. The van der Waals surface area contributed by atoms with Gasteiger partial charge in [-0.15, -0.1) is 0 Å². The molecule has 0 fully saturated rings. The average Bonchev–Trinajstić information content (AvgIpc) is 2.79. The predicted molar refractivity (Wildman–Crippen MR) is 116 cm³/mol. The number of ether oxygens (including phenoxy) is 1. The molecule has 0 saturated heterocycles. The maximum atomic E-state index is 13.8. The number of fused-ring (bicyclic) bond motifs is 1. The van der Waals surface area contributed by atoms with Crippen molar-refractivity contribution in [2.75, 3.05) is 6.61 Å². The number of rotatable bonds is 10. The largest absolute Gasteiger partial charge is 0.481 e. The van der Waals surface area contributed by atoms with Crippen LogP contribution in [0.15, 0.2) is 47.5 Å². The molecule has 1 unspecified atom stereocenters. The Kier molecular flexibility index (Phi) is 7.84. The van der Waals surface area contributed by atoms with Crippen LogP contribution in [0.25, 0.3) is 10.9 Å². The highest BCUT2D eigenvalue weighted by atomic mass is 19.1. The summed E-state index contributed by atoms with van der Waals surface area (Å²) in [6.07, 6.45) is 0.418. The second-order valence-electron chi connectivity index (χ2n) is 7.51. The molecule has 1 aromatic heterocycles. The first-order valence-electron chi connectivity index (χ1n) is 10.4. The van der Waals surface area contributed by atoms with Crippen LogP contribution in [0.2, 0.25) is 0 Å². The van der Waals surface area contributed by atoms with Crippen molar-refractivity contribution in [1.82, 2.24) is 14.9 Å². The van der Waals surface area contributed by atoms with Crippen LogP contribution < -0.4 is 15.6 Å². The molecular formula is C23H20F3N3O6. The molecule has 3 aromatic rings. The third-order valence-corrected chi connectivity index (χ3v) is 5.12. The van der Waals surface area contributed by atoms with E-state index < -0.39 is 71.5 Å². The first-order valence-corrected chi connectivity index (χ1v) is 10.4. The number of para-hydroxylation sites is 1. The van der Waals surface area contributed by atoms with Crippen molar-refractivity contribution in [3.63, 3.8) is 0 Å². The first-order chi connectivity index (χ1) is 16.6. The number of carboxylic acid groups (broad SMARTS) is 1. The van der Waals surface area contributed by atoms with Crippen molar-refractivity contribution >= 4 is 28.6 Å². The average molecular weight is 491 g/mol.